The first-order valence-electron chi connectivity index (χ1n) is 4.21. The van der Waals surface area contributed by atoms with E-state index in [0.29, 0.717) is 12.1 Å². The molecule has 0 saturated heterocycles. The molecule has 0 atom stereocenters. The summed E-state index contributed by atoms with van der Waals surface area (Å²) in [5.41, 5.74) is 3.51. The van der Waals surface area contributed by atoms with Gasteiger partial charge in [0.1, 0.15) is 11.5 Å². The third kappa shape index (κ3) is 3.47. The molecule has 1 aromatic rings. The highest BCUT2D eigenvalue weighted by atomic mass is 35.5. The Morgan fingerprint density at radius 2 is 1.94 bits per heavy atom. The highest BCUT2D eigenvalue weighted by Crippen LogP contribution is 2.36. The van der Waals surface area contributed by atoms with Crippen LogP contribution in [0.25, 0.3) is 0 Å². The molecule has 17 heavy (non-hydrogen) atoms. The largest absolute Gasteiger partial charge is 0.416 e. The molecule has 8 heteroatoms. The van der Waals surface area contributed by atoms with Crippen LogP contribution >= 0.6 is 23.2 Å². The van der Waals surface area contributed by atoms with Gasteiger partial charge in [0.25, 0.3) is 0 Å². The topological polar surface area (TPSA) is 38.4 Å². The molecule has 94 valence electrons. The molecule has 1 aromatic carbocycles. The van der Waals surface area contributed by atoms with Gasteiger partial charge in [0, 0.05) is 0 Å². The van der Waals surface area contributed by atoms with Gasteiger partial charge in [0.15, 0.2) is 5.82 Å². The molecule has 0 aromatic heterocycles. The Bertz CT molecular complexity index is 457. The van der Waals surface area contributed by atoms with Crippen molar-refractivity contribution in [2.75, 3.05) is 5.88 Å². The molecule has 0 aliphatic heterocycles. The van der Waals surface area contributed by atoms with E-state index in [4.69, 9.17) is 28.9 Å². The zero-order valence-corrected chi connectivity index (χ0v) is 9.67. The molecule has 0 saturated carbocycles. The molecule has 0 unspecified atom stereocenters. The zero-order chi connectivity index (χ0) is 13.2. The number of aliphatic imine (C=N–C) groups is 1. The van der Waals surface area contributed by atoms with Gasteiger partial charge < -0.3 is 5.73 Å². The molecular formula is C9H6Cl2F4N2. The zero-order valence-electron chi connectivity index (χ0n) is 8.15. The molecule has 0 aliphatic rings. The van der Waals surface area contributed by atoms with Crippen LogP contribution in [0.1, 0.15) is 5.56 Å². The Morgan fingerprint density at radius 1 is 1.35 bits per heavy atom. The second kappa shape index (κ2) is 5.10. The standard InChI is InChI=1S/C9H6Cl2F4N2/c10-3-7(16)17-6-2-4(9(13,14)15)1-5(11)8(6)12/h1-2H,3H2,(H2,16,17). The second-order valence-electron chi connectivity index (χ2n) is 3.03. The quantitative estimate of drug-likeness (QED) is 0.383. The number of alkyl halides is 4. The van der Waals surface area contributed by atoms with E-state index in [0.717, 1.165) is 0 Å². The van der Waals surface area contributed by atoms with E-state index in [1.165, 1.54) is 0 Å². The highest BCUT2D eigenvalue weighted by molar-refractivity contribution is 6.31. The lowest BCUT2D eigenvalue weighted by Crippen LogP contribution is -2.12. The van der Waals surface area contributed by atoms with Crippen LogP contribution in [-0.2, 0) is 6.18 Å². The fourth-order valence-corrected chi connectivity index (χ4v) is 1.28. The molecule has 2 N–H and O–H groups in total. The van der Waals surface area contributed by atoms with E-state index in [-0.39, 0.29) is 11.7 Å². The van der Waals surface area contributed by atoms with Crippen molar-refractivity contribution in [3.63, 3.8) is 0 Å². The first-order valence-corrected chi connectivity index (χ1v) is 5.12. The maximum Gasteiger partial charge on any atom is 0.416 e. The number of nitrogens with two attached hydrogens (primary N) is 1. The number of nitrogens with zero attached hydrogens (tertiary/aromatic N) is 1. The Balaban J connectivity index is 3.35. The van der Waals surface area contributed by atoms with Crippen molar-refractivity contribution in [3.8, 4) is 0 Å². The SMILES string of the molecule is NC(CCl)=Nc1cc(C(F)(F)F)cc(Cl)c1F. The third-order valence-electron chi connectivity index (χ3n) is 1.74. The lowest BCUT2D eigenvalue weighted by atomic mass is 10.2. The summed E-state index contributed by atoms with van der Waals surface area (Å²) < 4.78 is 50.6. The Kier molecular flexibility index (Phi) is 4.21. The first-order chi connectivity index (χ1) is 7.75. The monoisotopic (exact) mass is 288 g/mol. The van der Waals surface area contributed by atoms with Gasteiger partial charge in [0.2, 0.25) is 0 Å². The summed E-state index contributed by atoms with van der Waals surface area (Å²) in [5.74, 6) is -1.51. The van der Waals surface area contributed by atoms with Gasteiger partial charge in [-0.25, -0.2) is 9.38 Å². The molecule has 0 spiro atoms. The minimum absolute atomic E-state index is 0.207. The van der Waals surface area contributed by atoms with Crippen LogP contribution in [0.15, 0.2) is 17.1 Å². The average Bonchev–Trinajstić information content (AvgIpc) is 2.22. The van der Waals surface area contributed by atoms with E-state index in [1.807, 2.05) is 0 Å². The number of rotatable bonds is 2. The van der Waals surface area contributed by atoms with Crippen LogP contribution in [0.5, 0.6) is 0 Å². The second-order valence-corrected chi connectivity index (χ2v) is 3.70. The van der Waals surface area contributed by atoms with E-state index in [2.05, 4.69) is 4.99 Å². The molecular weight excluding hydrogens is 283 g/mol. The van der Waals surface area contributed by atoms with Gasteiger partial charge in [-0.15, -0.1) is 11.6 Å². The fraction of sp³-hybridized carbons (Fsp3) is 0.222. The summed E-state index contributed by atoms with van der Waals surface area (Å²) in [6.07, 6.45) is -4.64. The van der Waals surface area contributed by atoms with Crippen molar-refractivity contribution in [1.82, 2.24) is 0 Å². The van der Waals surface area contributed by atoms with Crippen molar-refractivity contribution < 1.29 is 17.6 Å². The molecule has 0 amide bonds. The van der Waals surface area contributed by atoms with Gasteiger partial charge in [0.05, 0.1) is 16.5 Å². The van der Waals surface area contributed by atoms with E-state index in [1.54, 1.807) is 0 Å². The highest BCUT2D eigenvalue weighted by Gasteiger charge is 2.32. The van der Waals surface area contributed by atoms with Crippen LogP contribution in [0, 0.1) is 5.82 Å². The number of halogens is 6. The minimum Gasteiger partial charge on any atom is -0.386 e. The van der Waals surface area contributed by atoms with Crippen molar-refractivity contribution in [2.24, 2.45) is 10.7 Å². The minimum atomic E-state index is -4.64. The lowest BCUT2D eigenvalue weighted by Gasteiger charge is -2.09. The fourth-order valence-electron chi connectivity index (χ4n) is 1.00. The van der Waals surface area contributed by atoms with E-state index < -0.39 is 28.3 Å². The predicted molar refractivity (Wildman–Crippen MR) is 58.4 cm³/mol. The molecule has 1 rings (SSSR count). The van der Waals surface area contributed by atoms with Crippen LogP contribution in [0.3, 0.4) is 0 Å². The summed E-state index contributed by atoms with van der Waals surface area (Å²) in [6.45, 7) is 0. The number of amidine groups is 1. The smallest absolute Gasteiger partial charge is 0.386 e. The predicted octanol–water partition coefficient (Wildman–Crippen LogP) is 3.73. The summed E-state index contributed by atoms with van der Waals surface area (Å²) >= 11 is 10.6. The molecule has 2 nitrogen and oxygen atoms in total. The van der Waals surface area contributed by atoms with Crippen LogP contribution < -0.4 is 5.73 Å². The Morgan fingerprint density at radius 3 is 2.41 bits per heavy atom. The molecule has 0 bridgehead atoms. The molecule has 0 heterocycles. The number of hydrogen-bond donors (Lipinski definition) is 1. The van der Waals surface area contributed by atoms with Crippen LogP contribution in [-0.4, -0.2) is 11.7 Å². The summed E-state index contributed by atoms with van der Waals surface area (Å²) in [4.78, 5) is 3.42. The summed E-state index contributed by atoms with van der Waals surface area (Å²) in [5, 5.41) is -0.680. The lowest BCUT2D eigenvalue weighted by molar-refractivity contribution is -0.137. The first kappa shape index (κ1) is 14.1. The summed E-state index contributed by atoms with van der Waals surface area (Å²) in [7, 11) is 0. The van der Waals surface area contributed by atoms with E-state index >= 15 is 0 Å². The van der Waals surface area contributed by atoms with Gasteiger partial charge in [-0.05, 0) is 12.1 Å². The van der Waals surface area contributed by atoms with Crippen molar-refractivity contribution in [2.45, 2.75) is 6.18 Å². The van der Waals surface area contributed by atoms with Crippen molar-refractivity contribution in [1.29, 1.82) is 0 Å². The number of hydrogen-bond acceptors (Lipinski definition) is 1. The van der Waals surface area contributed by atoms with Gasteiger partial charge >= 0.3 is 6.18 Å². The maximum absolute atomic E-state index is 13.4. The molecule has 0 radical (unpaired) electrons. The summed E-state index contributed by atoms with van der Waals surface area (Å²) in [6, 6.07) is 0.993. The average molecular weight is 289 g/mol. The van der Waals surface area contributed by atoms with Crippen LogP contribution in [0.4, 0.5) is 23.2 Å². The van der Waals surface area contributed by atoms with E-state index in [9.17, 15) is 17.6 Å². The van der Waals surface area contributed by atoms with Crippen LogP contribution in [0.2, 0.25) is 5.02 Å². The normalized spacial score (nSPS) is 12.9. The van der Waals surface area contributed by atoms with Crippen molar-refractivity contribution >= 4 is 34.7 Å². The third-order valence-corrected chi connectivity index (χ3v) is 2.29. The van der Waals surface area contributed by atoms with Gasteiger partial charge in [-0.1, -0.05) is 11.6 Å². The van der Waals surface area contributed by atoms with Gasteiger partial charge in [-0.2, -0.15) is 13.2 Å². The molecule has 0 fully saturated rings. The number of benzene rings is 1. The Hall–Kier alpha value is -1.01. The molecule has 0 aliphatic carbocycles. The van der Waals surface area contributed by atoms with Gasteiger partial charge in [-0.3, -0.25) is 0 Å². The van der Waals surface area contributed by atoms with Crippen molar-refractivity contribution in [3.05, 3.63) is 28.5 Å². The Labute approximate surface area is 104 Å². The maximum atomic E-state index is 13.4.